The lowest BCUT2D eigenvalue weighted by molar-refractivity contribution is -0.128. The molecule has 1 heterocycles. The molecular weight excluding hydrogens is 297 g/mol. The summed E-state index contributed by atoms with van der Waals surface area (Å²) in [4.78, 5) is 16.5. The van der Waals surface area contributed by atoms with Crippen molar-refractivity contribution in [3.8, 4) is 17.5 Å². The Morgan fingerprint density at radius 1 is 1.35 bits per heavy atom. The number of nitriles is 1. The van der Waals surface area contributed by atoms with Crippen molar-refractivity contribution < 1.29 is 9.18 Å². The molecule has 6 nitrogen and oxygen atoms in total. The van der Waals surface area contributed by atoms with Crippen LogP contribution in [0.2, 0.25) is 0 Å². The minimum atomic E-state index is -0.903. The fourth-order valence-electron chi connectivity index (χ4n) is 2.80. The summed E-state index contributed by atoms with van der Waals surface area (Å²) in [7, 11) is 0. The van der Waals surface area contributed by atoms with E-state index < -0.39 is 5.41 Å². The molecule has 23 heavy (non-hydrogen) atoms. The highest BCUT2D eigenvalue weighted by atomic mass is 19.1. The van der Waals surface area contributed by atoms with E-state index in [-0.39, 0.29) is 18.3 Å². The first-order valence-corrected chi connectivity index (χ1v) is 7.50. The van der Waals surface area contributed by atoms with Crippen molar-refractivity contribution in [2.45, 2.75) is 32.2 Å². The lowest BCUT2D eigenvalue weighted by Crippen LogP contribution is -2.38. The summed E-state index contributed by atoms with van der Waals surface area (Å²) in [5, 5.41) is 18.8. The van der Waals surface area contributed by atoms with E-state index in [2.05, 4.69) is 26.6 Å². The van der Waals surface area contributed by atoms with Gasteiger partial charge in [0.2, 0.25) is 5.91 Å². The van der Waals surface area contributed by atoms with Gasteiger partial charge in [0.1, 0.15) is 17.1 Å². The van der Waals surface area contributed by atoms with Crippen LogP contribution in [0.25, 0.3) is 11.4 Å². The molecule has 0 bridgehead atoms. The van der Waals surface area contributed by atoms with Crippen LogP contribution in [0.5, 0.6) is 0 Å². The molecule has 7 heteroatoms. The number of benzene rings is 1. The van der Waals surface area contributed by atoms with Crippen LogP contribution in [0.15, 0.2) is 24.3 Å². The van der Waals surface area contributed by atoms with Crippen LogP contribution in [0.1, 0.15) is 31.5 Å². The topological polar surface area (TPSA) is 94.5 Å². The van der Waals surface area contributed by atoms with E-state index in [4.69, 9.17) is 0 Å². The van der Waals surface area contributed by atoms with Gasteiger partial charge in [-0.1, -0.05) is 12.8 Å². The molecule has 1 aromatic heterocycles. The van der Waals surface area contributed by atoms with Crippen LogP contribution in [0.3, 0.4) is 0 Å². The van der Waals surface area contributed by atoms with Gasteiger partial charge in [-0.3, -0.25) is 9.89 Å². The summed E-state index contributed by atoms with van der Waals surface area (Å²) in [5.41, 5.74) is -0.218. The SMILES string of the molecule is N#CC1(C(=O)NCc2nc(-c3ccc(F)cc3)n[nH]2)CCCC1. The number of rotatable bonds is 4. The summed E-state index contributed by atoms with van der Waals surface area (Å²) in [6.45, 7) is 0.177. The van der Waals surface area contributed by atoms with E-state index in [1.807, 2.05) is 0 Å². The summed E-state index contributed by atoms with van der Waals surface area (Å²) >= 11 is 0. The fraction of sp³-hybridized carbons (Fsp3) is 0.375. The molecule has 1 aliphatic rings. The van der Waals surface area contributed by atoms with Crippen LogP contribution in [0.4, 0.5) is 4.39 Å². The Bertz CT molecular complexity index is 741. The lowest BCUT2D eigenvalue weighted by atomic mass is 9.87. The fourth-order valence-corrected chi connectivity index (χ4v) is 2.80. The number of H-pyrrole nitrogens is 1. The number of carbonyl (C=O) groups excluding carboxylic acids is 1. The summed E-state index contributed by atoms with van der Waals surface area (Å²) < 4.78 is 12.9. The molecule has 0 aliphatic heterocycles. The second kappa shape index (κ2) is 6.16. The molecule has 0 saturated heterocycles. The maximum Gasteiger partial charge on any atom is 0.240 e. The quantitative estimate of drug-likeness (QED) is 0.905. The van der Waals surface area contributed by atoms with Gasteiger partial charge in [-0.2, -0.15) is 10.4 Å². The molecule has 1 aromatic carbocycles. The standard InChI is InChI=1S/C16H16FN5O/c17-12-5-3-11(4-6-12)14-20-13(21-22-14)9-19-15(23)16(10-18)7-1-2-8-16/h3-6H,1-2,7-9H2,(H,19,23)(H,20,21,22). The van der Waals surface area contributed by atoms with Crippen molar-refractivity contribution in [3.05, 3.63) is 35.9 Å². The zero-order chi connectivity index (χ0) is 16.3. The summed E-state index contributed by atoms with van der Waals surface area (Å²) in [5.74, 6) is 0.348. The highest BCUT2D eigenvalue weighted by molar-refractivity contribution is 5.85. The van der Waals surface area contributed by atoms with Crippen LogP contribution >= 0.6 is 0 Å². The van der Waals surface area contributed by atoms with Crippen LogP contribution in [0, 0.1) is 22.6 Å². The van der Waals surface area contributed by atoms with E-state index in [0.717, 1.165) is 12.8 Å². The maximum atomic E-state index is 12.9. The number of hydrogen-bond donors (Lipinski definition) is 2. The summed E-state index contributed by atoms with van der Waals surface area (Å²) in [6, 6.07) is 8.01. The second-order valence-electron chi connectivity index (χ2n) is 5.70. The van der Waals surface area contributed by atoms with Crippen molar-refractivity contribution in [2.75, 3.05) is 0 Å². The molecule has 2 aromatic rings. The molecule has 1 saturated carbocycles. The van der Waals surface area contributed by atoms with Gasteiger partial charge >= 0.3 is 0 Å². The van der Waals surface area contributed by atoms with Crippen LogP contribution < -0.4 is 5.32 Å². The van der Waals surface area contributed by atoms with Gasteiger partial charge in [0, 0.05) is 5.56 Å². The van der Waals surface area contributed by atoms with Crippen molar-refractivity contribution in [2.24, 2.45) is 5.41 Å². The van der Waals surface area contributed by atoms with E-state index in [1.165, 1.54) is 12.1 Å². The Balaban J connectivity index is 1.64. The van der Waals surface area contributed by atoms with Crippen LogP contribution in [-0.2, 0) is 11.3 Å². The predicted molar refractivity (Wildman–Crippen MR) is 80.1 cm³/mol. The highest BCUT2D eigenvalue weighted by Gasteiger charge is 2.41. The largest absolute Gasteiger partial charge is 0.347 e. The minimum absolute atomic E-state index is 0.177. The maximum absolute atomic E-state index is 12.9. The number of nitrogens with zero attached hydrogens (tertiary/aromatic N) is 3. The highest BCUT2D eigenvalue weighted by Crippen LogP contribution is 2.37. The number of nitrogens with one attached hydrogen (secondary N) is 2. The van der Waals surface area contributed by atoms with Crippen molar-refractivity contribution >= 4 is 5.91 Å². The van der Waals surface area contributed by atoms with Gasteiger partial charge < -0.3 is 5.32 Å². The molecule has 0 spiro atoms. The molecule has 0 unspecified atom stereocenters. The molecule has 3 rings (SSSR count). The second-order valence-corrected chi connectivity index (χ2v) is 5.70. The summed E-state index contributed by atoms with van der Waals surface area (Å²) in [6.07, 6.45) is 3.01. The van der Waals surface area contributed by atoms with Crippen molar-refractivity contribution in [1.82, 2.24) is 20.5 Å². The van der Waals surface area contributed by atoms with Gasteiger partial charge in [-0.05, 0) is 37.1 Å². The van der Waals surface area contributed by atoms with E-state index in [0.29, 0.717) is 30.1 Å². The molecule has 0 atom stereocenters. The Morgan fingerprint density at radius 2 is 2.04 bits per heavy atom. The number of aromatic nitrogens is 3. The smallest absolute Gasteiger partial charge is 0.240 e. The van der Waals surface area contributed by atoms with Crippen molar-refractivity contribution in [1.29, 1.82) is 5.26 Å². The molecule has 118 valence electrons. The Hall–Kier alpha value is -2.75. The average molecular weight is 313 g/mol. The monoisotopic (exact) mass is 313 g/mol. The number of carbonyl (C=O) groups is 1. The van der Waals surface area contributed by atoms with Gasteiger partial charge in [-0.15, -0.1) is 0 Å². The number of aromatic amines is 1. The van der Waals surface area contributed by atoms with E-state index in [1.54, 1.807) is 12.1 Å². The Morgan fingerprint density at radius 3 is 2.70 bits per heavy atom. The lowest BCUT2D eigenvalue weighted by Gasteiger charge is -2.18. The Kier molecular flexibility index (Phi) is 4.06. The number of halogens is 1. The number of amides is 1. The van der Waals surface area contributed by atoms with E-state index in [9.17, 15) is 14.4 Å². The zero-order valence-corrected chi connectivity index (χ0v) is 12.5. The minimum Gasteiger partial charge on any atom is -0.347 e. The molecule has 2 N–H and O–H groups in total. The molecule has 0 radical (unpaired) electrons. The van der Waals surface area contributed by atoms with Crippen molar-refractivity contribution in [3.63, 3.8) is 0 Å². The number of hydrogen-bond acceptors (Lipinski definition) is 4. The van der Waals surface area contributed by atoms with Gasteiger partial charge in [0.15, 0.2) is 5.82 Å². The van der Waals surface area contributed by atoms with Gasteiger partial charge in [0.05, 0.1) is 12.6 Å². The third-order valence-electron chi connectivity index (χ3n) is 4.16. The predicted octanol–water partition coefficient (Wildman–Crippen LogP) is 2.31. The average Bonchev–Trinajstić information content (AvgIpc) is 3.23. The molecule has 1 fully saturated rings. The van der Waals surface area contributed by atoms with E-state index >= 15 is 0 Å². The third-order valence-corrected chi connectivity index (χ3v) is 4.16. The molecular formula is C16H16FN5O. The molecule has 1 aliphatic carbocycles. The third kappa shape index (κ3) is 3.06. The first kappa shape index (κ1) is 15.2. The van der Waals surface area contributed by atoms with Gasteiger partial charge in [0.25, 0.3) is 0 Å². The zero-order valence-electron chi connectivity index (χ0n) is 12.5. The van der Waals surface area contributed by atoms with Gasteiger partial charge in [-0.25, -0.2) is 9.37 Å². The van der Waals surface area contributed by atoms with Crippen LogP contribution in [-0.4, -0.2) is 21.1 Å². The molecule has 1 amide bonds. The Labute approximate surface area is 132 Å². The first-order chi connectivity index (χ1) is 11.1. The first-order valence-electron chi connectivity index (χ1n) is 7.50. The normalized spacial score (nSPS) is 16.0.